The van der Waals surface area contributed by atoms with Gasteiger partial charge < -0.3 is 14.5 Å². The summed E-state index contributed by atoms with van der Waals surface area (Å²) >= 11 is 1.65. The molecular formula is C26H17FN2O5S. The molecule has 0 radical (unpaired) electrons. The minimum atomic E-state index is -0.648. The number of carbonyl (C=O) groups excluding carboxylic acids is 1. The molecule has 2 heterocycles. The lowest BCUT2D eigenvalue weighted by Gasteiger charge is -2.20. The van der Waals surface area contributed by atoms with Gasteiger partial charge in [0.05, 0.1) is 16.3 Å². The van der Waals surface area contributed by atoms with Gasteiger partial charge in [-0.25, -0.2) is 4.39 Å². The summed E-state index contributed by atoms with van der Waals surface area (Å²) in [6.45, 7) is -0.137. The van der Waals surface area contributed by atoms with Gasteiger partial charge in [0, 0.05) is 27.5 Å². The first-order valence-electron chi connectivity index (χ1n) is 10.5. The number of anilines is 2. The van der Waals surface area contributed by atoms with Gasteiger partial charge in [-0.15, -0.1) is 0 Å². The van der Waals surface area contributed by atoms with Gasteiger partial charge in [0.15, 0.2) is 11.5 Å². The smallest absolute Gasteiger partial charge is 0.311 e. The van der Waals surface area contributed by atoms with Crippen molar-refractivity contribution in [2.45, 2.75) is 16.4 Å². The number of nitrogens with zero attached hydrogens (tertiary/aromatic N) is 1. The number of nitro benzene ring substituents is 1. The molecule has 35 heavy (non-hydrogen) atoms. The third-order valence-electron chi connectivity index (χ3n) is 5.21. The number of ketones is 1. The van der Waals surface area contributed by atoms with Gasteiger partial charge in [0.2, 0.25) is 0 Å². The number of rotatable bonds is 7. The number of allylic oxidation sites excluding steroid dienone is 1. The van der Waals surface area contributed by atoms with Gasteiger partial charge >= 0.3 is 5.69 Å². The Morgan fingerprint density at radius 3 is 2.74 bits per heavy atom. The third-order valence-corrected chi connectivity index (χ3v) is 6.36. The second-order valence-corrected chi connectivity index (χ2v) is 8.68. The van der Waals surface area contributed by atoms with Crippen molar-refractivity contribution < 1.29 is 23.3 Å². The molecular weight excluding hydrogens is 471 g/mol. The van der Waals surface area contributed by atoms with E-state index in [0.29, 0.717) is 17.1 Å². The minimum absolute atomic E-state index is 0.137. The van der Waals surface area contributed by atoms with E-state index >= 15 is 0 Å². The first kappa shape index (κ1) is 22.4. The van der Waals surface area contributed by atoms with Crippen molar-refractivity contribution in [3.63, 3.8) is 0 Å². The molecule has 0 atom stereocenters. The number of halogens is 1. The molecule has 3 aromatic carbocycles. The molecule has 7 nitrogen and oxygen atoms in total. The molecule has 4 aromatic rings. The largest absolute Gasteiger partial charge is 0.479 e. The van der Waals surface area contributed by atoms with E-state index in [4.69, 9.17) is 9.15 Å². The van der Waals surface area contributed by atoms with Gasteiger partial charge in [-0.1, -0.05) is 23.9 Å². The second-order valence-electron chi connectivity index (χ2n) is 7.59. The molecule has 9 heteroatoms. The SMILES string of the molecule is O=C(/C=C/c1ccc(COc2cc(F)ccc2[N+](=O)[O-])o1)c1ccc2c(c1)Nc1ccccc1S2. The first-order chi connectivity index (χ1) is 17.0. The van der Waals surface area contributed by atoms with Crippen molar-refractivity contribution in [3.05, 3.63) is 112 Å². The zero-order valence-electron chi connectivity index (χ0n) is 18.1. The lowest BCUT2D eigenvalue weighted by molar-refractivity contribution is -0.386. The highest BCUT2D eigenvalue weighted by atomic mass is 32.2. The van der Waals surface area contributed by atoms with Crippen molar-refractivity contribution in [1.82, 2.24) is 0 Å². The monoisotopic (exact) mass is 488 g/mol. The summed E-state index contributed by atoms with van der Waals surface area (Å²) in [7, 11) is 0. The Morgan fingerprint density at radius 1 is 1.06 bits per heavy atom. The van der Waals surface area contributed by atoms with E-state index in [1.54, 1.807) is 30.0 Å². The topological polar surface area (TPSA) is 94.6 Å². The number of fused-ring (bicyclic) bond motifs is 2. The van der Waals surface area contributed by atoms with Gasteiger partial charge in [-0.05, 0) is 60.7 Å². The molecule has 5 rings (SSSR count). The summed E-state index contributed by atoms with van der Waals surface area (Å²) in [4.78, 5) is 25.3. The zero-order valence-corrected chi connectivity index (χ0v) is 18.9. The van der Waals surface area contributed by atoms with Crippen molar-refractivity contribution in [1.29, 1.82) is 0 Å². The Bertz CT molecular complexity index is 1480. The van der Waals surface area contributed by atoms with Crippen LogP contribution >= 0.6 is 11.8 Å². The van der Waals surface area contributed by atoms with Crippen LogP contribution in [-0.2, 0) is 6.61 Å². The van der Waals surface area contributed by atoms with Crippen LogP contribution in [0, 0.1) is 15.9 Å². The molecule has 0 amide bonds. The Labute approximate surface area is 203 Å². The number of carbonyl (C=O) groups is 1. The number of benzene rings is 3. The molecule has 1 aliphatic heterocycles. The molecule has 0 unspecified atom stereocenters. The minimum Gasteiger partial charge on any atom is -0.479 e. The molecule has 0 aliphatic carbocycles. The number of para-hydroxylation sites is 1. The van der Waals surface area contributed by atoms with Crippen LogP contribution in [0.5, 0.6) is 5.75 Å². The van der Waals surface area contributed by atoms with E-state index in [1.807, 2.05) is 36.4 Å². The Balaban J connectivity index is 1.24. The van der Waals surface area contributed by atoms with Crippen LogP contribution in [0.4, 0.5) is 21.5 Å². The van der Waals surface area contributed by atoms with Crippen molar-refractivity contribution in [3.8, 4) is 5.75 Å². The summed E-state index contributed by atoms with van der Waals surface area (Å²) < 4.78 is 24.4. The molecule has 0 bridgehead atoms. The van der Waals surface area contributed by atoms with E-state index in [1.165, 1.54) is 12.2 Å². The Kier molecular flexibility index (Phi) is 6.07. The van der Waals surface area contributed by atoms with Crippen LogP contribution < -0.4 is 10.1 Å². The molecule has 174 valence electrons. The lowest BCUT2D eigenvalue weighted by atomic mass is 10.1. The summed E-state index contributed by atoms with van der Waals surface area (Å²) in [5.74, 6) is -0.258. The van der Waals surface area contributed by atoms with Crippen molar-refractivity contribution in [2.24, 2.45) is 0 Å². The van der Waals surface area contributed by atoms with Crippen LogP contribution in [0.1, 0.15) is 21.9 Å². The first-order valence-corrected chi connectivity index (χ1v) is 11.3. The van der Waals surface area contributed by atoms with Crippen LogP contribution in [0.15, 0.2) is 93.1 Å². The maximum Gasteiger partial charge on any atom is 0.311 e. The summed E-state index contributed by atoms with van der Waals surface area (Å²) in [6, 6.07) is 19.7. The zero-order chi connectivity index (χ0) is 24.4. The fraction of sp³-hybridized carbons (Fsp3) is 0.0385. The molecule has 1 aliphatic rings. The number of nitrogens with one attached hydrogen (secondary N) is 1. The molecule has 0 saturated carbocycles. The molecule has 0 fully saturated rings. The van der Waals surface area contributed by atoms with E-state index < -0.39 is 10.7 Å². The highest BCUT2D eigenvalue weighted by Gasteiger charge is 2.18. The van der Waals surface area contributed by atoms with Crippen LogP contribution in [0.2, 0.25) is 0 Å². The summed E-state index contributed by atoms with van der Waals surface area (Å²) in [5.41, 5.74) is 2.06. The van der Waals surface area contributed by atoms with Crippen LogP contribution in [-0.4, -0.2) is 10.7 Å². The summed E-state index contributed by atoms with van der Waals surface area (Å²) in [6.07, 6.45) is 2.94. The highest BCUT2D eigenvalue weighted by Crippen LogP contribution is 2.44. The molecule has 0 spiro atoms. The highest BCUT2D eigenvalue weighted by molar-refractivity contribution is 7.99. The van der Waals surface area contributed by atoms with Gasteiger partial charge in [-0.2, -0.15) is 0 Å². The third kappa shape index (κ3) is 4.95. The quantitative estimate of drug-likeness (QED) is 0.114. The van der Waals surface area contributed by atoms with E-state index in [2.05, 4.69) is 5.32 Å². The van der Waals surface area contributed by atoms with Crippen molar-refractivity contribution in [2.75, 3.05) is 5.32 Å². The average Bonchev–Trinajstić information content (AvgIpc) is 3.32. The maximum atomic E-state index is 13.4. The van der Waals surface area contributed by atoms with Crippen LogP contribution in [0.3, 0.4) is 0 Å². The average molecular weight is 488 g/mol. The van der Waals surface area contributed by atoms with Gasteiger partial charge in [0.1, 0.15) is 23.9 Å². The molecule has 0 saturated heterocycles. The fourth-order valence-electron chi connectivity index (χ4n) is 3.51. The van der Waals surface area contributed by atoms with E-state index in [-0.39, 0.29) is 23.8 Å². The molecule has 1 aromatic heterocycles. The molecule has 1 N–H and O–H groups in total. The predicted molar refractivity (Wildman–Crippen MR) is 130 cm³/mol. The number of furan rings is 1. The summed E-state index contributed by atoms with van der Waals surface area (Å²) in [5, 5.41) is 14.4. The number of hydrogen-bond donors (Lipinski definition) is 1. The number of hydrogen-bond acceptors (Lipinski definition) is 7. The van der Waals surface area contributed by atoms with Gasteiger partial charge in [0.25, 0.3) is 0 Å². The normalized spacial score (nSPS) is 12.0. The van der Waals surface area contributed by atoms with E-state index in [9.17, 15) is 19.3 Å². The Hall–Kier alpha value is -4.37. The van der Waals surface area contributed by atoms with Crippen molar-refractivity contribution >= 4 is 40.7 Å². The van der Waals surface area contributed by atoms with Gasteiger partial charge in [-0.3, -0.25) is 14.9 Å². The standard InChI is InChI=1S/C26H17FN2O5S/c27-17-6-10-22(29(31)32)24(14-17)33-15-19-8-7-18(34-19)9-11-23(30)16-5-12-26-21(13-16)28-20-3-1-2-4-25(20)35-26/h1-14,28H,15H2/b11-9+. The lowest BCUT2D eigenvalue weighted by Crippen LogP contribution is -2.02. The van der Waals surface area contributed by atoms with E-state index in [0.717, 1.165) is 39.4 Å². The number of ether oxygens (including phenoxy) is 1. The second kappa shape index (κ2) is 9.47. The fourth-order valence-corrected chi connectivity index (χ4v) is 4.48. The number of nitro groups is 1. The maximum absolute atomic E-state index is 13.4. The predicted octanol–water partition coefficient (Wildman–Crippen LogP) is 7.01. The van der Waals surface area contributed by atoms with Crippen LogP contribution in [0.25, 0.3) is 6.08 Å². The Morgan fingerprint density at radius 2 is 1.89 bits per heavy atom.